The molecule has 0 bridgehead atoms. The number of hydrogen-bond donors (Lipinski definition) is 0. The third kappa shape index (κ3) is 4.29. The van der Waals surface area contributed by atoms with Gasteiger partial charge in [-0.2, -0.15) is 4.31 Å². The van der Waals surface area contributed by atoms with Crippen molar-refractivity contribution in [2.75, 3.05) is 26.2 Å². The maximum Gasteiger partial charge on any atom is 0.243 e. The van der Waals surface area contributed by atoms with Gasteiger partial charge in [-0.25, -0.2) is 8.42 Å². The minimum atomic E-state index is -3.39. The maximum absolute atomic E-state index is 13.1. The van der Waals surface area contributed by atoms with Gasteiger partial charge in [-0.15, -0.1) is 0 Å². The zero-order valence-corrected chi connectivity index (χ0v) is 17.7. The molecule has 2 saturated heterocycles. The molecule has 1 aromatic carbocycles. The van der Waals surface area contributed by atoms with Crippen LogP contribution in [0.15, 0.2) is 27.6 Å². The summed E-state index contributed by atoms with van der Waals surface area (Å²) in [6.45, 7) is 7.95. The third-order valence-corrected chi connectivity index (χ3v) is 8.27. The van der Waals surface area contributed by atoms with Crippen LogP contribution in [0.5, 0.6) is 0 Å². The molecule has 0 unspecified atom stereocenters. The van der Waals surface area contributed by atoms with Gasteiger partial charge in [0.1, 0.15) is 0 Å². The van der Waals surface area contributed by atoms with Crippen LogP contribution < -0.4 is 0 Å². The minimum absolute atomic E-state index is 0.475. The fourth-order valence-corrected chi connectivity index (χ4v) is 6.21. The molecule has 0 aromatic heterocycles. The number of halogens is 1. The van der Waals surface area contributed by atoms with E-state index in [0.29, 0.717) is 24.0 Å². The Kier molecular flexibility index (Phi) is 6.24. The molecule has 0 saturated carbocycles. The number of piperidine rings is 2. The van der Waals surface area contributed by atoms with Crippen LogP contribution in [0.25, 0.3) is 0 Å². The largest absolute Gasteiger partial charge is 0.300 e. The van der Waals surface area contributed by atoms with Gasteiger partial charge in [0, 0.05) is 23.6 Å². The third-order valence-electron chi connectivity index (χ3n) is 5.78. The molecule has 25 heavy (non-hydrogen) atoms. The number of hydrogen-bond acceptors (Lipinski definition) is 3. The van der Waals surface area contributed by atoms with E-state index in [2.05, 4.69) is 27.8 Å². The van der Waals surface area contributed by atoms with Crippen molar-refractivity contribution in [3.63, 3.8) is 0 Å². The molecule has 0 aliphatic carbocycles. The van der Waals surface area contributed by atoms with Crippen LogP contribution in [0.3, 0.4) is 0 Å². The van der Waals surface area contributed by atoms with Gasteiger partial charge in [-0.1, -0.05) is 29.8 Å². The first kappa shape index (κ1) is 19.3. The molecular formula is C19H29BrN2O2S. The van der Waals surface area contributed by atoms with Crippen LogP contribution in [-0.4, -0.2) is 49.8 Å². The molecule has 3 rings (SSSR count). The van der Waals surface area contributed by atoms with E-state index >= 15 is 0 Å². The molecule has 0 N–H and O–H groups in total. The second-order valence-electron chi connectivity index (χ2n) is 7.46. The van der Waals surface area contributed by atoms with Gasteiger partial charge in [0.15, 0.2) is 0 Å². The van der Waals surface area contributed by atoms with E-state index in [-0.39, 0.29) is 0 Å². The van der Waals surface area contributed by atoms with E-state index in [1.54, 1.807) is 10.4 Å². The van der Waals surface area contributed by atoms with Crippen LogP contribution >= 0.6 is 15.9 Å². The highest BCUT2D eigenvalue weighted by molar-refractivity contribution is 9.10. The molecule has 6 heteroatoms. The summed E-state index contributed by atoms with van der Waals surface area (Å²) in [7, 11) is -3.39. The van der Waals surface area contributed by atoms with Crippen molar-refractivity contribution in [2.45, 2.75) is 56.9 Å². The van der Waals surface area contributed by atoms with Crippen LogP contribution in [0, 0.1) is 5.92 Å². The second kappa shape index (κ2) is 8.07. The molecule has 0 spiro atoms. The summed E-state index contributed by atoms with van der Waals surface area (Å²) < 4.78 is 28.8. The monoisotopic (exact) mass is 428 g/mol. The van der Waals surface area contributed by atoms with Gasteiger partial charge in [-0.05, 0) is 74.9 Å². The van der Waals surface area contributed by atoms with Crippen LogP contribution in [0.1, 0.15) is 45.1 Å². The van der Waals surface area contributed by atoms with Gasteiger partial charge in [-0.3, -0.25) is 0 Å². The Hall–Kier alpha value is -0.430. The van der Waals surface area contributed by atoms with Crippen LogP contribution in [0.4, 0.5) is 0 Å². The number of nitrogens with zero attached hydrogens (tertiary/aromatic N) is 2. The SMILES string of the molecule is CCc1cc(Br)ccc1S(=O)(=O)N1CCC(N2CCC(C)CC2)CC1. The summed E-state index contributed by atoms with van der Waals surface area (Å²) in [4.78, 5) is 3.06. The average molecular weight is 429 g/mol. The molecule has 0 radical (unpaired) electrons. The van der Waals surface area contributed by atoms with Crippen molar-refractivity contribution in [3.05, 3.63) is 28.2 Å². The van der Waals surface area contributed by atoms with Gasteiger partial charge in [0.05, 0.1) is 4.90 Å². The highest BCUT2D eigenvalue weighted by Gasteiger charge is 2.33. The molecule has 0 atom stereocenters. The first-order valence-electron chi connectivity index (χ1n) is 9.44. The Balaban J connectivity index is 1.68. The Morgan fingerprint density at radius 3 is 2.32 bits per heavy atom. The van der Waals surface area contributed by atoms with E-state index in [4.69, 9.17) is 0 Å². The van der Waals surface area contributed by atoms with E-state index in [1.807, 2.05) is 19.1 Å². The summed E-state index contributed by atoms with van der Waals surface area (Å²) in [6, 6.07) is 6.05. The topological polar surface area (TPSA) is 40.6 Å². The molecule has 2 aliphatic heterocycles. The second-order valence-corrected chi connectivity index (χ2v) is 10.3. The molecule has 4 nitrogen and oxygen atoms in total. The maximum atomic E-state index is 13.1. The first-order chi connectivity index (χ1) is 11.9. The normalized spacial score (nSPS) is 22.4. The lowest BCUT2D eigenvalue weighted by Gasteiger charge is -2.41. The van der Waals surface area contributed by atoms with Gasteiger partial charge >= 0.3 is 0 Å². The fraction of sp³-hybridized carbons (Fsp3) is 0.684. The van der Waals surface area contributed by atoms with Crippen molar-refractivity contribution in [1.29, 1.82) is 0 Å². The average Bonchev–Trinajstić information content (AvgIpc) is 2.62. The minimum Gasteiger partial charge on any atom is -0.300 e. The van der Waals surface area contributed by atoms with Crippen molar-refractivity contribution in [1.82, 2.24) is 9.21 Å². The lowest BCUT2D eigenvalue weighted by molar-refractivity contribution is 0.101. The Morgan fingerprint density at radius 2 is 1.72 bits per heavy atom. The summed E-state index contributed by atoms with van der Waals surface area (Å²) in [5.74, 6) is 0.835. The number of likely N-dealkylation sites (tertiary alicyclic amines) is 1. The summed E-state index contributed by atoms with van der Waals surface area (Å²) in [5.41, 5.74) is 0.890. The quantitative estimate of drug-likeness (QED) is 0.729. The molecule has 0 amide bonds. The van der Waals surface area contributed by atoms with Crippen LogP contribution in [-0.2, 0) is 16.4 Å². The number of sulfonamides is 1. The first-order valence-corrected chi connectivity index (χ1v) is 11.7. The van der Waals surface area contributed by atoms with Crippen molar-refractivity contribution < 1.29 is 8.42 Å². The molecule has 2 aliphatic rings. The van der Waals surface area contributed by atoms with Crippen molar-refractivity contribution in [2.24, 2.45) is 5.92 Å². The highest BCUT2D eigenvalue weighted by atomic mass is 79.9. The van der Waals surface area contributed by atoms with Crippen molar-refractivity contribution >= 4 is 26.0 Å². The molecule has 1 aromatic rings. The van der Waals surface area contributed by atoms with Gasteiger partial charge in [0.2, 0.25) is 10.0 Å². The van der Waals surface area contributed by atoms with Gasteiger partial charge < -0.3 is 4.90 Å². The predicted octanol–water partition coefficient (Wildman–Crippen LogP) is 3.90. The molecule has 2 heterocycles. The van der Waals surface area contributed by atoms with E-state index < -0.39 is 10.0 Å². The number of aryl methyl sites for hydroxylation is 1. The highest BCUT2D eigenvalue weighted by Crippen LogP contribution is 2.29. The van der Waals surface area contributed by atoms with Crippen LogP contribution in [0.2, 0.25) is 0 Å². The summed E-state index contributed by atoms with van der Waals surface area (Å²) in [5, 5.41) is 0. The number of rotatable bonds is 4. The Morgan fingerprint density at radius 1 is 1.08 bits per heavy atom. The standard InChI is InChI=1S/C19H29BrN2O2S/c1-3-16-14-17(20)4-5-19(16)25(23,24)22-12-8-18(9-13-22)21-10-6-15(2)7-11-21/h4-5,14-15,18H,3,6-13H2,1-2H3. The van der Waals surface area contributed by atoms with Crippen molar-refractivity contribution in [3.8, 4) is 0 Å². The molecular weight excluding hydrogens is 400 g/mol. The fourth-order valence-electron chi connectivity index (χ4n) is 4.06. The van der Waals surface area contributed by atoms with E-state index in [1.165, 1.54) is 25.9 Å². The molecule has 2 fully saturated rings. The van der Waals surface area contributed by atoms with E-state index in [0.717, 1.165) is 35.2 Å². The predicted molar refractivity (Wildman–Crippen MR) is 105 cm³/mol. The lowest BCUT2D eigenvalue weighted by Crippen LogP contribution is -2.48. The Labute approximate surface area is 160 Å². The Bertz CT molecular complexity index is 691. The smallest absolute Gasteiger partial charge is 0.243 e. The zero-order chi connectivity index (χ0) is 18.0. The lowest BCUT2D eigenvalue weighted by atomic mass is 9.95. The zero-order valence-electron chi connectivity index (χ0n) is 15.2. The van der Waals surface area contributed by atoms with E-state index in [9.17, 15) is 8.42 Å². The summed E-state index contributed by atoms with van der Waals surface area (Å²) in [6.07, 6.45) is 5.17. The summed E-state index contributed by atoms with van der Waals surface area (Å²) >= 11 is 3.44. The van der Waals surface area contributed by atoms with Gasteiger partial charge in [0.25, 0.3) is 0 Å². The molecule has 140 valence electrons. The number of benzene rings is 1.